The van der Waals surface area contributed by atoms with Crippen LogP contribution in [0.15, 0.2) is 59.8 Å². The minimum Gasteiger partial charge on any atom is -0.444 e. The minimum absolute atomic E-state index is 0.105. The van der Waals surface area contributed by atoms with E-state index in [-0.39, 0.29) is 29.6 Å². The van der Waals surface area contributed by atoms with Crippen LogP contribution in [0.1, 0.15) is 81.4 Å². The summed E-state index contributed by atoms with van der Waals surface area (Å²) in [6.45, 7) is 13.6. The van der Waals surface area contributed by atoms with Crippen LogP contribution < -0.4 is 15.2 Å². The van der Waals surface area contributed by atoms with Gasteiger partial charge in [-0.2, -0.15) is 0 Å². The van der Waals surface area contributed by atoms with Gasteiger partial charge in [0.1, 0.15) is 11.4 Å². The molecule has 5 heterocycles. The SMILES string of the molecule is Cc1ccc(N2CCC[C@H](N(Cc3ccnc(C)c3)Cc3cn(C4CC4)c4cc(N5CCC(N(C)C(=O)OC(C)(C)C)C5)c(F)cc4c3=O)C2)cn1. The maximum atomic E-state index is 16.1. The molecule has 0 N–H and O–H groups in total. The Kier molecular flexibility index (Phi) is 9.99. The van der Waals surface area contributed by atoms with Gasteiger partial charge in [0.25, 0.3) is 0 Å². The summed E-state index contributed by atoms with van der Waals surface area (Å²) >= 11 is 0. The maximum Gasteiger partial charge on any atom is 0.410 e. The number of hydrogen-bond donors (Lipinski definition) is 0. The van der Waals surface area contributed by atoms with E-state index in [1.165, 1.54) is 6.07 Å². The lowest BCUT2D eigenvalue weighted by molar-refractivity contribution is 0.0238. The molecule has 0 radical (unpaired) electrons. The number of anilines is 2. The summed E-state index contributed by atoms with van der Waals surface area (Å²) in [5.74, 6) is -0.414. The van der Waals surface area contributed by atoms with Gasteiger partial charge < -0.3 is 24.0 Å². The fraction of sp³-hybridized carbons (Fsp3) is 0.512. The van der Waals surface area contributed by atoms with Gasteiger partial charge >= 0.3 is 6.09 Å². The van der Waals surface area contributed by atoms with Crippen LogP contribution in [0.2, 0.25) is 0 Å². The van der Waals surface area contributed by atoms with Gasteiger partial charge in [-0.25, -0.2) is 9.18 Å². The third-order valence-electron chi connectivity index (χ3n) is 10.7. The van der Waals surface area contributed by atoms with E-state index in [9.17, 15) is 9.59 Å². The normalized spacial score (nSPS) is 19.5. The third kappa shape index (κ3) is 7.94. The van der Waals surface area contributed by atoms with E-state index in [1.54, 1.807) is 11.9 Å². The second-order valence-corrected chi connectivity index (χ2v) is 16.0. The average molecular weight is 710 g/mol. The Hall–Kier alpha value is -4.51. The highest BCUT2D eigenvalue weighted by molar-refractivity contribution is 5.84. The maximum absolute atomic E-state index is 16.1. The van der Waals surface area contributed by atoms with E-state index >= 15 is 4.39 Å². The van der Waals surface area contributed by atoms with Crippen LogP contribution in [-0.2, 0) is 17.8 Å². The molecule has 2 saturated heterocycles. The Morgan fingerprint density at radius 1 is 0.942 bits per heavy atom. The lowest BCUT2D eigenvalue weighted by Crippen LogP contribution is -2.48. The predicted molar refractivity (Wildman–Crippen MR) is 203 cm³/mol. The molecule has 4 aromatic rings. The molecule has 10 nitrogen and oxygen atoms in total. The number of ether oxygens (including phenoxy) is 1. The van der Waals surface area contributed by atoms with Crippen LogP contribution in [0.5, 0.6) is 0 Å². The van der Waals surface area contributed by atoms with E-state index < -0.39 is 11.4 Å². The summed E-state index contributed by atoms with van der Waals surface area (Å²) in [7, 11) is 1.75. The smallest absolute Gasteiger partial charge is 0.410 e. The number of likely N-dealkylation sites (N-methyl/N-ethyl adjacent to an activating group) is 1. The van der Waals surface area contributed by atoms with Crippen molar-refractivity contribution in [2.45, 2.75) is 104 Å². The average Bonchev–Trinajstić information content (AvgIpc) is 3.84. The van der Waals surface area contributed by atoms with E-state index in [1.807, 2.05) is 64.2 Å². The summed E-state index contributed by atoms with van der Waals surface area (Å²) in [6, 6.07) is 12.0. The Morgan fingerprint density at radius 2 is 1.73 bits per heavy atom. The van der Waals surface area contributed by atoms with Crippen molar-refractivity contribution >= 4 is 28.4 Å². The quantitative estimate of drug-likeness (QED) is 0.184. The zero-order chi connectivity index (χ0) is 36.7. The number of aromatic nitrogens is 3. The second-order valence-electron chi connectivity index (χ2n) is 16.0. The van der Waals surface area contributed by atoms with Crippen LogP contribution in [0.3, 0.4) is 0 Å². The predicted octanol–water partition coefficient (Wildman–Crippen LogP) is 7.00. The zero-order valence-electron chi connectivity index (χ0n) is 31.4. The first-order valence-corrected chi connectivity index (χ1v) is 18.7. The molecule has 276 valence electrons. The molecule has 0 spiro atoms. The molecular weight excluding hydrogens is 657 g/mol. The number of aryl methyl sites for hydroxylation is 2. The van der Waals surface area contributed by atoms with E-state index in [0.717, 1.165) is 66.9 Å². The Labute approximate surface area is 306 Å². The van der Waals surface area contributed by atoms with Crippen LogP contribution in [-0.4, -0.2) is 81.3 Å². The van der Waals surface area contributed by atoms with E-state index in [0.29, 0.717) is 49.2 Å². The topological polar surface area (TPSA) is 87.0 Å². The Morgan fingerprint density at radius 3 is 2.44 bits per heavy atom. The van der Waals surface area contributed by atoms with Gasteiger partial charge in [-0.15, -0.1) is 0 Å². The highest BCUT2D eigenvalue weighted by Crippen LogP contribution is 2.39. The molecule has 52 heavy (non-hydrogen) atoms. The summed E-state index contributed by atoms with van der Waals surface area (Å²) in [5, 5.41) is 0.419. The van der Waals surface area contributed by atoms with Crippen molar-refractivity contribution in [3.63, 3.8) is 0 Å². The van der Waals surface area contributed by atoms with Crippen LogP contribution >= 0.6 is 0 Å². The summed E-state index contributed by atoms with van der Waals surface area (Å²) in [5.41, 5.74) is 5.44. The number of carbonyl (C=O) groups is 1. The highest BCUT2D eigenvalue weighted by atomic mass is 19.1. The lowest BCUT2D eigenvalue weighted by Gasteiger charge is -2.40. The standard InChI is InChI=1S/C41H52FN7O3/c1-27-9-10-32(21-44-27)46-16-7-8-34(26-46)48(22-29-13-15-43-28(2)18-29)23-30-24-49(31-11-12-31)37-20-38(36(42)19-35(37)39(30)50)47-17-14-33(25-47)45(6)40(51)52-41(3,4)5/h9-10,13,15,18-21,24,31,33-34H,7-8,11-12,14,16-17,22-23,25-26H2,1-6H3/t33?,34-/m0/s1. The first kappa shape index (κ1) is 35.9. The number of piperidine rings is 1. The Bertz CT molecular complexity index is 1990. The molecule has 3 aromatic heterocycles. The monoisotopic (exact) mass is 709 g/mol. The molecule has 11 heteroatoms. The van der Waals surface area contributed by atoms with Gasteiger partial charge in [0.15, 0.2) is 5.43 Å². The summed E-state index contributed by atoms with van der Waals surface area (Å²) in [4.78, 5) is 44.6. The first-order valence-electron chi connectivity index (χ1n) is 18.7. The van der Waals surface area contributed by atoms with Crippen molar-refractivity contribution in [2.75, 3.05) is 43.0 Å². The molecule has 1 amide bonds. The van der Waals surface area contributed by atoms with Crippen molar-refractivity contribution < 1.29 is 13.9 Å². The molecule has 1 unspecified atom stereocenters. The molecule has 1 saturated carbocycles. The Balaban J connectivity index is 1.19. The van der Waals surface area contributed by atoms with Gasteiger partial charge in [0.2, 0.25) is 0 Å². The number of carbonyl (C=O) groups excluding carboxylic acids is 1. The number of hydrogen-bond acceptors (Lipinski definition) is 8. The van der Waals surface area contributed by atoms with Crippen molar-refractivity contribution in [3.05, 3.63) is 93.5 Å². The van der Waals surface area contributed by atoms with Crippen molar-refractivity contribution in [3.8, 4) is 0 Å². The van der Waals surface area contributed by atoms with Gasteiger partial charge in [-0.1, -0.05) is 0 Å². The van der Waals surface area contributed by atoms with E-state index in [4.69, 9.17) is 4.74 Å². The first-order chi connectivity index (χ1) is 24.8. The van der Waals surface area contributed by atoms with Crippen molar-refractivity contribution in [1.82, 2.24) is 24.3 Å². The van der Waals surface area contributed by atoms with Gasteiger partial charge in [0.05, 0.1) is 29.1 Å². The molecule has 2 aliphatic heterocycles. The van der Waals surface area contributed by atoms with Crippen molar-refractivity contribution in [2.24, 2.45) is 0 Å². The van der Waals surface area contributed by atoms with Crippen LogP contribution in [0, 0.1) is 19.7 Å². The number of benzene rings is 1. The number of rotatable bonds is 9. The zero-order valence-corrected chi connectivity index (χ0v) is 31.4. The van der Waals surface area contributed by atoms with Gasteiger partial charge in [-0.3, -0.25) is 19.7 Å². The van der Waals surface area contributed by atoms with Crippen LogP contribution in [0.25, 0.3) is 10.9 Å². The minimum atomic E-state index is -0.593. The number of nitrogens with zero attached hydrogens (tertiary/aromatic N) is 7. The van der Waals surface area contributed by atoms with Gasteiger partial charge in [-0.05, 0) is 109 Å². The van der Waals surface area contributed by atoms with Crippen LogP contribution in [0.4, 0.5) is 20.6 Å². The summed E-state index contributed by atoms with van der Waals surface area (Å²) in [6.07, 6.45) is 10.3. The molecule has 7 rings (SSSR count). The van der Waals surface area contributed by atoms with E-state index in [2.05, 4.69) is 48.6 Å². The third-order valence-corrected chi connectivity index (χ3v) is 10.7. The molecule has 1 aromatic carbocycles. The molecule has 0 bridgehead atoms. The van der Waals surface area contributed by atoms with Gasteiger partial charge in [0, 0.05) is 93.1 Å². The number of halogens is 1. The number of amides is 1. The summed E-state index contributed by atoms with van der Waals surface area (Å²) < 4.78 is 23.9. The lowest BCUT2D eigenvalue weighted by atomic mass is 10.0. The molecule has 1 aliphatic carbocycles. The number of pyridine rings is 3. The number of fused-ring (bicyclic) bond motifs is 1. The molecule has 3 fully saturated rings. The fourth-order valence-corrected chi connectivity index (χ4v) is 7.79. The van der Waals surface area contributed by atoms with Crippen molar-refractivity contribution in [1.29, 1.82) is 0 Å². The molecule has 2 atom stereocenters. The largest absolute Gasteiger partial charge is 0.444 e. The fourth-order valence-electron chi connectivity index (χ4n) is 7.79. The second kappa shape index (κ2) is 14.5. The molecule has 3 aliphatic rings. The molecular formula is C41H52FN7O3. The highest BCUT2D eigenvalue weighted by Gasteiger charge is 2.34.